The van der Waals surface area contributed by atoms with Gasteiger partial charge in [0.2, 0.25) is 5.91 Å². The number of hydrogen-bond donors (Lipinski definition) is 2. The van der Waals surface area contributed by atoms with Gasteiger partial charge in [-0.1, -0.05) is 13.0 Å². The quantitative estimate of drug-likeness (QED) is 0.333. The summed E-state index contributed by atoms with van der Waals surface area (Å²) >= 11 is 0. The van der Waals surface area contributed by atoms with Crippen molar-refractivity contribution in [1.82, 2.24) is 15.5 Å². The molecule has 1 amide bonds. The summed E-state index contributed by atoms with van der Waals surface area (Å²) in [5.41, 5.74) is 1.17. The summed E-state index contributed by atoms with van der Waals surface area (Å²) in [4.78, 5) is 17.7. The van der Waals surface area contributed by atoms with E-state index in [2.05, 4.69) is 22.5 Å². The molecule has 2 N–H and O–H groups in total. The molecule has 1 rings (SSSR count). The van der Waals surface area contributed by atoms with E-state index in [1.807, 2.05) is 18.2 Å². The molecule has 0 saturated heterocycles. The van der Waals surface area contributed by atoms with Gasteiger partial charge in [-0.05, 0) is 30.0 Å². The van der Waals surface area contributed by atoms with E-state index in [9.17, 15) is 4.79 Å². The highest BCUT2D eigenvalue weighted by Crippen LogP contribution is 2.28. The van der Waals surface area contributed by atoms with Crippen LogP contribution in [0.2, 0.25) is 0 Å². The van der Waals surface area contributed by atoms with Gasteiger partial charge in [-0.2, -0.15) is 0 Å². The molecule has 0 aliphatic carbocycles. The topological polar surface area (TPSA) is 84.4 Å². The summed E-state index contributed by atoms with van der Waals surface area (Å²) in [5, 5.41) is 6.47. The molecule has 0 radical (unpaired) electrons. The minimum absolute atomic E-state index is 0.0498. The van der Waals surface area contributed by atoms with Crippen molar-refractivity contribution in [3.05, 3.63) is 23.8 Å². The van der Waals surface area contributed by atoms with Gasteiger partial charge in [0.05, 0.1) is 20.8 Å². The zero-order valence-corrected chi connectivity index (χ0v) is 17.9. The number of carbonyl (C=O) groups excluding carboxylic acids is 1. The Kier molecular flexibility index (Phi) is 10.8. The third-order valence-corrected chi connectivity index (χ3v) is 4.12. The lowest BCUT2D eigenvalue weighted by Gasteiger charge is -2.17. The fraction of sp³-hybridized carbons (Fsp3) is 0.600. The zero-order chi connectivity index (χ0) is 20.9. The highest BCUT2D eigenvalue weighted by atomic mass is 16.5. The molecule has 1 atom stereocenters. The van der Waals surface area contributed by atoms with E-state index in [4.69, 9.17) is 14.2 Å². The average molecular weight is 395 g/mol. The van der Waals surface area contributed by atoms with Crippen molar-refractivity contribution in [2.75, 3.05) is 61.7 Å². The number of likely N-dealkylation sites (N-methyl/N-ethyl adjacent to an activating group) is 1. The summed E-state index contributed by atoms with van der Waals surface area (Å²) in [6.45, 7) is 4.14. The van der Waals surface area contributed by atoms with E-state index < -0.39 is 0 Å². The molecule has 8 heteroatoms. The van der Waals surface area contributed by atoms with Crippen LogP contribution in [0.25, 0.3) is 0 Å². The third kappa shape index (κ3) is 8.47. The summed E-state index contributed by atoms with van der Waals surface area (Å²) in [6.07, 6.45) is 0.870. The Hall–Kier alpha value is -2.48. The van der Waals surface area contributed by atoms with Crippen LogP contribution in [0, 0.1) is 5.92 Å². The van der Waals surface area contributed by atoms with Gasteiger partial charge in [0.25, 0.3) is 0 Å². The first-order valence-electron chi connectivity index (χ1n) is 9.33. The second-order valence-corrected chi connectivity index (χ2v) is 6.75. The fourth-order valence-corrected chi connectivity index (χ4v) is 2.49. The number of benzene rings is 1. The van der Waals surface area contributed by atoms with Crippen molar-refractivity contribution < 1.29 is 19.0 Å². The Bertz CT molecular complexity index is 635. The van der Waals surface area contributed by atoms with E-state index in [0.29, 0.717) is 31.6 Å². The predicted octanol–water partition coefficient (Wildman–Crippen LogP) is 1.15. The maximum Gasteiger partial charge on any atom is 0.243 e. The molecular formula is C20H34N4O4. The standard InChI is InChI=1S/C20H34N4O4/c1-15(11-16-7-8-17(27-5)18(12-16)28-6)13-22-20(21-9-10-26-4)23-14-19(25)24(2)3/h7-8,12,15H,9-11,13-14H2,1-6H3,(H2,21,22,23). The van der Waals surface area contributed by atoms with Crippen molar-refractivity contribution in [1.29, 1.82) is 0 Å². The molecule has 1 aromatic rings. The molecule has 8 nitrogen and oxygen atoms in total. The molecule has 0 bridgehead atoms. The molecule has 0 aliphatic rings. The van der Waals surface area contributed by atoms with Crippen LogP contribution in [0.5, 0.6) is 11.5 Å². The zero-order valence-electron chi connectivity index (χ0n) is 17.9. The van der Waals surface area contributed by atoms with Crippen molar-refractivity contribution >= 4 is 11.9 Å². The number of nitrogens with zero attached hydrogens (tertiary/aromatic N) is 2. The lowest BCUT2D eigenvalue weighted by atomic mass is 10.0. The van der Waals surface area contributed by atoms with Crippen molar-refractivity contribution in [2.45, 2.75) is 13.3 Å². The Morgan fingerprint density at radius 2 is 1.86 bits per heavy atom. The molecule has 0 aliphatic heterocycles. The van der Waals surface area contributed by atoms with Crippen LogP contribution in [0.1, 0.15) is 12.5 Å². The number of nitrogens with one attached hydrogen (secondary N) is 2. The molecular weight excluding hydrogens is 360 g/mol. The number of ether oxygens (including phenoxy) is 3. The normalized spacial score (nSPS) is 12.3. The van der Waals surface area contributed by atoms with Crippen LogP contribution in [0.15, 0.2) is 23.2 Å². The Morgan fingerprint density at radius 3 is 2.46 bits per heavy atom. The molecule has 1 unspecified atom stereocenters. The molecule has 28 heavy (non-hydrogen) atoms. The Labute approximate surface area is 168 Å². The van der Waals surface area contributed by atoms with E-state index in [-0.39, 0.29) is 12.5 Å². The van der Waals surface area contributed by atoms with Crippen LogP contribution < -0.4 is 20.1 Å². The molecule has 158 valence electrons. The number of amides is 1. The van der Waals surface area contributed by atoms with Crippen molar-refractivity contribution in [3.8, 4) is 11.5 Å². The lowest BCUT2D eigenvalue weighted by Crippen LogP contribution is -2.42. The van der Waals surface area contributed by atoms with Crippen LogP contribution in [-0.4, -0.2) is 78.4 Å². The van der Waals surface area contributed by atoms with Gasteiger partial charge in [-0.25, -0.2) is 4.99 Å². The maximum absolute atomic E-state index is 11.8. The maximum atomic E-state index is 11.8. The summed E-state index contributed by atoms with van der Waals surface area (Å²) < 4.78 is 15.7. The summed E-state index contributed by atoms with van der Waals surface area (Å²) in [6, 6.07) is 5.96. The second kappa shape index (κ2) is 12.8. The highest BCUT2D eigenvalue weighted by Gasteiger charge is 2.10. The van der Waals surface area contributed by atoms with Gasteiger partial charge < -0.3 is 29.7 Å². The van der Waals surface area contributed by atoms with Gasteiger partial charge in [0.15, 0.2) is 17.5 Å². The Balaban J connectivity index is 2.64. The second-order valence-electron chi connectivity index (χ2n) is 6.75. The average Bonchev–Trinajstić information content (AvgIpc) is 2.69. The monoisotopic (exact) mass is 394 g/mol. The van der Waals surface area contributed by atoms with Crippen LogP contribution >= 0.6 is 0 Å². The molecule has 0 aromatic heterocycles. The number of carbonyl (C=O) groups is 1. The van der Waals surface area contributed by atoms with Crippen LogP contribution in [0.3, 0.4) is 0 Å². The van der Waals surface area contributed by atoms with E-state index in [0.717, 1.165) is 17.9 Å². The first kappa shape index (κ1) is 23.6. The molecule has 0 fully saturated rings. The molecule has 1 aromatic carbocycles. The van der Waals surface area contributed by atoms with E-state index in [1.54, 1.807) is 35.4 Å². The largest absolute Gasteiger partial charge is 0.493 e. The summed E-state index contributed by atoms with van der Waals surface area (Å²) in [5.74, 6) is 2.35. The van der Waals surface area contributed by atoms with Crippen molar-refractivity contribution in [2.24, 2.45) is 10.9 Å². The lowest BCUT2D eigenvalue weighted by molar-refractivity contribution is -0.127. The molecule has 0 heterocycles. The molecule has 0 saturated carbocycles. The predicted molar refractivity (Wildman–Crippen MR) is 111 cm³/mol. The number of aliphatic imine (C=N–C) groups is 1. The highest BCUT2D eigenvalue weighted by molar-refractivity contribution is 5.84. The van der Waals surface area contributed by atoms with Gasteiger partial charge >= 0.3 is 0 Å². The Morgan fingerprint density at radius 1 is 1.14 bits per heavy atom. The SMILES string of the molecule is COCCNC(=NCC(=O)N(C)C)NCC(C)Cc1ccc(OC)c(OC)c1. The first-order chi connectivity index (χ1) is 13.4. The van der Waals surface area contributed by atoms with E-state index >= 15 is 0 Å². The van der Waals surface area contributed by atoms with Gasteiger partial charge in [-0.15, -0.1) is 0 Å². The van der Waals surface area contributed by atoms with Crippen LogP contribution in [0.4, 0.5) is 0 Å². The van der Waals surface area contributed by atoms with Crippen LogP contribution in [-0.2, 0) is 16.0 Å². The minimum atomic E-state index is -0.0498. The number of hydrogen-bond acceptors (Lipinski definition) is 5. The van der Waals surface area contributed by atoms with Gasteiger partial charge in [0.1, 0.15) is 6.54 Å². The van der Waals surface area contributed by atoms with Gasteiger partial charge in [0, 0.05) is 34.3 Å². The van der Waals surface area contributed by atoms with E-state index in [1.165, 1.54) is 10.5 Å². The smallest absolute Gasteiger partial charge is 0.243 e. The number of guanidine groups is 1. The first-order valence-corrected chi connectivity index (χ1v) is 9.33. The number of methoxy groups -OCH3 is 3. The molecule has 0 spiro atoms. The van der Waals surface area contributed by atoms with Gasteiger partial charge in [-0.3, -0.25) is 4.79 Å². The van der Waals surface area contributed by atoms with Crippen molar-refractivity contribution in [3.63, 3.8) is 0 Å². The minimum Gasteiger partial charge on any atom is -0.493 e. The fourth-order valence-electron chi connectivity index (χ4n) is 2.49. The third-order valence-electron chi connectivity index (χ3n) is 4.12. The summed E-state index contributed by atoms with van der Waals surface area (Å²) in [7, 11) is 8.34. The number of rotatable bonds is 11.